The van der Waals surface area contributed by atoms with Crippen molar-refractivity contribution in [2.75, 3.05) is 6.61 Å². The molecule has 1 saturated carbocycles. The number of fused-ring (bicyclic) bond motifs is 2. The minimum atomic E-state index is -1.01. The Morgan fingerprint density at radius 3 is 2.35 bits per heavy atom. The first-order valence-electron chi connectivity index (χ1n) is 5.80. The average Bonchev–Trinajstić information content (AvgIpc) is 2.13. The van der Waals surface area contributed by atoms with E-state index in [1.165, 1.54) is 0 Å². The van der Waals surface area contributed by atoms with Crippen LogP contribution < -0.4 is 0 Å². The third-order valence-electron chi connectivity index (χ3n) is 3.43. The van der Waals surface area contributed by atoms with Crippen LogP contribution in [0.25, 0.3) is 0 Å². The highest BCUT2D eigenvalue weighted by molar-refractivity contribution is 5.87. The van der Waals surface area contributed by atoms with E-state index in [1.807, 2.05) is 0 Å². The minimum Gasteiger partial charge on any atom is -0.481 e. The molecule has 96 valence electrons. The van der Waals surface area contributed by atoms with Crippen LogP contribution in [0.2, 0.25) is 0 Å². The molecule has 5 nitrogen and oxygen atoms in total. The molecule has 0 unspecified atom stereocenters. The third kappa shape index (κ3) is 1.92. The summed E-state index contributed by atoms with van der Waals surface area (Å²) in [5.41, 5.74) is -2.35. The zero-order valence-electron chi connectivity index (χ0n) is 10.4. The molecule has 2 saturated heterocycles. The molecule has 0 amide bonds. The lowest BCUT2D eigenvalue weighted by Gasteiger charge is -2.55. The number of rotatable bonds is 2. The SMILES string of the molecule is CC(C)(C)OC(=O)C12CC(C(=O)O)(CCO1)C2. The average molecular weight is 242 g/mol. The summed E-state index contributed by atoms with van der Waals surface area (Å²) in [6.07, 6.45) is 0.960. The van der Waals surface area contributed by atoms with Crippen LogP contribution in [-0.4, -0.2) is 34.9 Å². The second kappa shape index (κ2) is 3.45. The maximum Gasteiger partial charge on any atom is 0.339 e. The van der Waals surface area contributed by atoms with Gasteiger partial charge in [0, 0.05) is 19.4 Å². The van der Waals surface area contributed by atoms with Gasteiger partial charge < -0.3 is 14.6 Å². The molecule has 5 heteroatoms. The number of hydrogen-bond acceptors (Lipinski definition) is 4. The van der Waals surface area contributed by atoms with Crippen LogP contribution >= 0.6 is 0 Å². The fourth-order valence-electron chi connectivity index (χ4n) is 2.59. The van der Waals surface area contributed by atoms with Crippen LogP contribution in [0, 0.1) is 5.41 Å². The lowest BCUT2D eigenvalue weighted by molar-refractivity contribution is -0.246. The monoisotopic (exact) mass is 242 g/mol. The van der Waals surface area contributed by atoms with Crippen molar-refractivity contribution < 1.29 is 24.2 Å². The predicted octanol–water partition coefficient (Wildman–Crippen LogP) is 1.35. The molecule has 0 aromatic carbocycles. The van der Waals surface area contributed by atoms with Crippen LogP contribution in [0.3, 0.4) is 0 Å². The number of carboxylic acid groups (broad SMARTS) is 1. The van der Waals surface area contributed by atoms with Gasteiger partial charge in [-0.2, -0.15) is 0 Å². The van der Waals surface area contributed by atoms with Crippen LogP contribution in [-0.2, 0) is 19.1 Å². The van der Waals surface area contributed by atoms with Gasteiger partial charge in [-0.05, 0) is 27.2 Å². The molecule has 0 atom stereocenters. The van der Waals surface area contributed by atoms with Gasteiger partial charge >= 0.3 is 11.9 Å². The van der Waals surface area contributed by atoms with Gasteiger partial charge in [-0.1, -0.05) is 0 Å². The normalized spacial score (nSPS) is 35.9. The molecule has 3 fully saturated rings. The van der Waals surface area contributed by atoms with Crippen molar-refractivity contribution in [2.24, 2.45) is 5.41 Å². The molecule has 2 heterocycles. The predicted molar refractivity (Wildman–Crippen MR) is 58.4 cm³/mol. The Labute approximate surface area is 100 Å². The van der Waals surface area contributed by atoms with Gasteiger partial charge in [-0.25, -0.2) is 4.79 Å². The molecule has 17 heavy (non-hydrogen) atoms. The van der Waals surface area contributed by atoms with Crippen LogP contribution in [0.1, 0.15) is 40.0 Å². The van der Waals surface area contributed by atoms with Gasteiger partial charge in [0.25, 0.3) is 0 Å². The van der Waals surface area contributed by atoms with E-state index >= 15 is 0 Å². The molecule has 0 aromatic rings. The summed E-state index contributed by atoms with van der Waals surface area (Å²) in [5.74, 6) is -1.26. The van der Waals surface area contributed by atoms with Crippen LogP contribution in [0.4, 0.5) is 0 Å². The first-order chi connectivity index (χ1) is 7.69. The van der Waals surface area contributed by atoms with Crippen molar-refractivity contribution in [3.05, 3.63) is 0 Å². The van der Waals surface area contributed by atoms with Crippen molar-refractivity contribution in [3.8, 4) is 0 Å². The number of carboxylic acids is 1. The van der Waals surface area contributed by atoms with Gasteiger partial charge in [0.1, 0.15) is 5.60 Å². The Balaban J connectivity index is 2.09. The first-order valence-corrected chi connectivity index (χ1v) is 5.80. The lowest BCUT2D eigenvalue weighted by Crippen LogP contribution is -2.66. The Morgan fingerprint density at radius 2 is 1.88 bits per heavy atom. The number of esters is 1. The molecule has 0 spiro atoms. The van der Waals surface area contributed by atoms with E-state index in [1.54, 1.807) is 20.8 Å². The summed E-state index contributed by atoms with van der Waals surface area (Å²) in [5, 5.41) is 9.16. The summed E-state index contributed by atoms with van der Waals surface area (Å²) in [4.78, 5) is 23.2. The standard InChI is InChI=1S/C12H18O5/c1-10(2,3)17-9(15)12-6-11(7-12,8(13)14)4-5-16-12/h4-7H2,1-3H3,(H,13,14). The van der Waals surface area contributed by atoms with Crippen molar-refractivity contribution in [1.29, 1.82) is 0 Å². The fraction of sp³-hybridized carbons (Fsp3) is 0.833. The Kier molecular flexibility index (Phi) is 2.51. The molecule has 0 radical (unpaired) electrons. The topological polar surface area (TPSA) is 72.8 Å². The molecule has 3 aliphatic rings. The molecule has 0 aromatic heterocycles. The summed E-state index contributed by atoms with van der Waals surface area (Å²) < 4.78 is 10.8. The number of hydrogen-bond donors (Lipinski definition) is 1. The first kappa shape index (κ1) is 12.4. The molecular weight excluding hydrogens is 224 g/mol. The zero-order valence-corrected chi connectivity index (χ0v) is 10.4. The number of carbonyl (C=O) groups is 2. The van der Waals surface area contributed by atoms with E-state index in [2.05, 4.69) is 0 Å². The van der Waals surface area contributed by atoms with E-state index in [-0.39, 0.29) is 12.8 Å². The smallest absolute Gasteiger partial charge is 0.339 e. The summed E-state index contributed by atoms with van der Waals surface area (Å²) >= 11 is 0. The van der Waals surface area contributed by atoms with Gasteiger partial charge in [0.15, 0.2) is 5.60 Å². The number of aliphatic carboxylic acids is 1. The van der Waals surface area contributed by atoms with E-state index < -0.39 is 28.6 Å². The highest BCUT2D eigenvalue weighted by Crippen LogP contribution is 2.57. The maximum absolute atomic E-state index is 12.0. The Hall–Kier alpha value is -1.10. The van der Waals surface area contributed by atoms with Crippen molar-refractivity contribution in [3.63, 3.8) is 0 Å². The molecule has 1 N–H and O–H groups in total. The summed E-state index contributed by atoms with van der Waals surface area (Å²) in [7, 11) is 0. The number of carbonyl (C=O) groups excluding carboxylic acids is 1. The number of ether oxygens (including phenoxy) is 2. The summed E-state index contributed by atoms with van der Waals surface area (Å²) in [6.45, 7) is 5.67. The van der Waals surface area contributed by atoms with Crippen molar-refractivity contribution >= 4 is 11.9 Å². The highest BCUT2D eigenvalue weighted by atomic mass is 16.6. The lowest BCUT2D eigenvalue weighted by atomic mass is 9.55. The largest absolute Gasteiger partial charge is 0.481 e. The van der Waals surface area contributed by atoms with Gasteiger partial charge in [0.2, 0.25) is 0 Å². The second-order valence-corrected chi connectivity index (χ2v) is 6.03. The third-order valence-corrected chi connectivity index (χ3v) is 3.43. The van der Waals surface area contributed by atoms with E-state index in [0.717, 1.165) is 0 Å². The second-order valence-electron chi connectivity index (χ2n) is 6.03. The van der Waals surface area contributed by atoms with Crippen LogP contribution in [0.5, 0.6) is 0 Å². The van der Waals surface area contributed by atoms with E-state index in [0.29, 0.717) is 13.0 Å². The van der Waals surface area contributed by atoms with Crippen molar-refractivity contribution in [1.82, 2.24) is 0 Å². The quantitative estimate of drug-likeness (QED) is 0.740. The zero-order chi connectivity index (χ0) is 12.9. The molecule has 1 aliphatic carbocycles. The van der Waals surface area contributed by atoms with Crippen molar-refractivity contribution in [2.45, 2.75) is 51.2 Å². The molecular formula is C12H18O5. The van der Waals surface area contributed by atoms with Gasteiger partial charge in [-0.15, -0.1) is 0 Å². The fourth-order valence-corrected chi connectivity index (χ4v) is 2.59. The summed E-state index contributed by atoms with van der Waals surface area (Å²) in [6, 6.07) is 0. The van der Waals surface area contributed by atoms with E-state index in [9.17, 15) is 9.59 Å². The Bertz CT molecular complexity index is 360. The van der Waals surface area contributed by atoms with Gasteiger partial charge in [0.05, 0.1) is 5.41 Å². The van der Waals surface area contributed by atoms with E-state index in [4.69, 9.17) is 14.6 Å². The Morgan fingerprint density at radius 1 is 1.29 bits per heavy atom. The minimum absolute atomic E-state index is 0.240. The highest BCUT2D eigenvalue weighted by Gasteiger charge is 2.67. The van der Waals surface area contributed by atoms with Gasteiger partial charge in [-0.3, -0.25) is 4.79 Å². The molecule has 2 aliphatic heterocycles. The molecule has 2 bridgehead atoms. The molecule has 3 rings (SSSR count). The van der Waals surface area contributed by atoms with Crippen LogP contribution in [0.15, 0.2) is 0 Å². The maximum atomic E-state index is 12.0.